The second kappa shape index (κ2) is 7.80. The molecule has 0 saturated carbocycles. The van der Waals surface area contributed by atoms with Crippen LogP contribution in [0.25, 0.3) is 0 Å². The monoisotopic (exact) mass is 302 g/mol. The van der Waals surface area contributed by atoms with Gasteiger partial charge in [0.15, 0.2) is 0 Å². The zero-order chi connectivity index (χ0) is 16.0. The highest BCUT2D eigenvalue weighted by Gasteiger charge is 2.37. The van der Waals surface area contributed by atoms with E-state index in [1.807, 2.05) is 51.1 Å². The smallest absolute Gasteiger partial charge is 0.312 e. The van der Waals surface area contributed by atoms with Crippen LogP contribution in [0, 0.1) is 0 Å². The number of rotatable bonds is 7. The lowest BCUT2D eigenvalue weighted by Crippen LogP contribution is -2.50. The molecule has 2 unspecified atom stereocenters. The molecule has 0 radical (unpaired) electrons. The van der Waals surface area contributed by atoms with E-state index >= 15 is 0 Å². The van der Waals surface area contributed by atoms with E-state index in [1.54, 1.807) is 7.05 Å². The first-order valence-electron chi connectivity index (χ1n) is 7.34. The van der Waals surface area contributed by atoms with Gasteiger partial charge in [0, 0.05) is 18.1 Å². The summed E-state index contributed by atoms with van der Waals surface area (Å²) in [5.41, 5.74) is 1.01. The fraction of sp³-hybridized carbons (Fsp3) is 0.625. The van der Waals surface area contributed by atoms with Crippen molar-refractivity contribution in [2.45, 2.75) is 51.5 Å². The van der Waals surface area contributed by atoms with Crippen LogP contribution >= 0.6 is 0 Å². The second-order valence-corrected chi connectivity index (χ2v) is 5.53. The zero-order valence-corrected chi connectivity index (χ0v) is 13.1. The number of alkyl halides is 3. The van der Waals surface area contributed by atoms with Gasteiger partial charge in [0.1, 0.15) is 0 Å². The standard InChI is InChI=1S/C16H25F3N2/c1-5-14(21(12(2)3)11-16(17,18)19)15(20-4)13-9-7-6-8-10-13/h6-10,12,14-15,20H,5,11H2,1-4H3. The summed E-state index contributed by atoms with van der Waals surface area (Å²) >= 11 is 0. The zero-order valence-electron chi connectivity index (χ0n) is 13.1. The summed E-state index contributed by atoms with van der Waals surface area (Å²) in [6, 6.07) is 9.14. The molecule has 1 rings (SSSR count). The maximum absolute atomic E-state index is 12.9. The van der Waals surface area contributed by atoms with E-state index in [4.69, 9.17) is 0 Å². The Kier molecular flexibility index (Phi) is 6.68. The van der Waals surface area contributed by atoms with E-state index in [1.165, 1.54) is 4.90 Å². The van der Waals surface area contributed by atoms with E-state index in [0.29, 0.717) is 6.42 Å². The molecule has 0 fully saturated rings. The van der Waals surface area contributed by atoms with Crippen molar-refractivity contribution in [3.63, 3.8) is 0 Å². The Hall–Kier alpha value is -1.07. The number of hydrogen-bond acceptors (Lipinski definition) is 2. The molecule has 1 aromatic rings. The van der Waals surface area contributed by atoms with Gasteiger partial charge in [-0.15, -0.1) is 0 Å². The first kappa shape index (κ1) is 18.0. The summed E-state index contributed by atoms with van der Waals surface area (Å²) in [5, 5.41) is 3.18. The molecule has 0 aliphatic carbocycles. The molecular formula is C16H25F3N2. The average Bonchev–Trinajstić information content (AvgIpc) is 2.42. The van der Waals surface area contributed by atoms with Gasteiger partial charge in [-0.05, 0) is 32.9 Å². The second-order valence-electron chi connectivity index (χ2n) is 5.53. The highest BCUT2D eigenvalue weighted by atomic mass is 19.4. The predicted octanol–water partition coefficient (Wildman–Crippen LogP) is 4.00. The quantitative estimate of drug-likeness (QED) is 0.819. The Morgan fingerprint density at radius 3 is 2.10 bits per heavy atom. The van der Waals surface area contributed by atoms with Gasteiger partial charge in [0.25, 0.3) is 0 Å². The van der Waals surface area contributed by atoms with Crippen LogP contribution in [-0.4, -0.2) is 36.8 Å². The van der Waals surface area contributed by atoms with E-state index in [9.17, 15) is 13.2 Å². The predicted molar refractivity (Wildman–Crippen MR) is 80.2 cm³/mol. The third-order valence-corrected chi connectivity index (χ3v) is 3.72. The number of nitrogens with zero attached hydrogens (tertiary/aromatic N) is 1. The molecular weight excluding hydrogens is 277 g/mol. The first-order chi connectivity index (χ1) is 9.80. The molecule has 0 aromatic heterocycles. The molecule has 1 aromatic carbocycles. The van der Waals surface area contributed by atoms with Crippen LogP contribution in [0.4, 0.5) is 13.2 Å². The van der Waals surface area contributed by atoms with Crippen LogP contribution in [0.5, 0.6) is 0 Å². The van der Waals surface area contributed by atoms with Crippen LogP contribution in [0.15, 0.2) is 30.3 Å². The van der Waals surface area contributed by atoms with Crippen LogP contribution in [-0.2, 0) is 0 Å². The Bertz CT molecular complexity index is 404. The Balaban J connectivity index is 3.05. The SMILES string of the molecule is CCC(C(NC)c1ccccc1)N(CC(F)(F)F)C(C)C. The molecule has 0 bridgehead atoms. The molecule has 0 heterocycles. The highest BCUT2D eigenvalue weighted by Crippen LogP contribution is 2.28. The fourth-order valence-corrected chi connectivity index (χ4v) is 2.79. The summed E-state index contributed by atoms with van der Waals surface area (Å²) in [4.78, 5) is 1.54. The molecule has 21 heavy (non-hydrogen) atoms. The number of benzene rings is 1. The first-order valence-corrected chi connectivity index (χ1v) is 7.34. The Morgan fingerprint density at radius 1 is 1.14 bits per heavy atom. The van der Waals surface area contributed by atoms with E-state index in [2.05, 4.69) is 5.32 Å². The minimum absolute atomic E-state index is 0.124. The van der Waals surface area contributed by atoms with Crippen molar-refractivity contribution in [1.29, 1.82) is 0 Å². The molecule has 2 atom stereocenters. The molecule has 0 aliphatic rings. The molecule has 0 spiro atoms. The van der Waals surface area contributed by atoms with E-state index in [-0.39, 0.29) is 18.1 Å². The molecule has 5 heteroatoms. The molecule has 0 aliphatic heterocycles. The Labute approximate surface area is 125 Å². The van der Waals surface area contributed by atoms with Crippen LogP contribution in [0.3, 0.4) is 0 Å². The minimum Gasteiger partial charge on any atom is -0.312 e. The normalized spacial score (nSPS) is 15.5. The number of nitrogens with one attached hydrogen (secondary N) is 1. The van der Waals surface area contributed by atoms with E-state index < -0.39 is 12.7 Å². The Morgan fingerprint density at radius 2 is 1.71 bits per heavy atom. The van der Waals surface area contributed by atoms with Gasteiger partial charge in [-0.3, -0.25) is 4.90 Å². The fourth-order valence-electron chi connectivity index (χ4n) is 2.79. The van der Waals surface area contributed by atoms with Crippen LogP contribution in [0.1, 0.15) is 38.8 Å². The van der Waals surface area contributed by atoms with Gasteiger partial charge in [-0.2, -0.15) is 13.2 Å². The van der Waals surface area contributed by atoms with Crippen molar-refractivity contribution in [3.8, 4) is 0 Å². The topological polar surface area (TPSA) is 15.3 Å². The van der Waals surface area contributed by atoms with Gasteiger partial charge in [0.05, 0.1) is 6.54 Å². The summed E-state index contributed by atoms with van der Waals surface area (Å²) < 4.78 is 38.6. The molecule has 120 valence electrons. The number of hydrogen-bond donors (Lipinski definition) is 1. The highest BCUT2D eigenvalue weighted by molar-refractivity contribution is 5.20. The maximum atomic E-state index is 12.9. The third kappa shape index (κ3) is 5.32. The molecule has 0 saturated heterocycles. The van der Waals surface area contributed by atoms with Crippen LogP contribution in [0.2, 0.25) is 0 Å². The van der Waals surface area contributed by atoms with Crippen molar-refractivity contribution < 1.29 is 13.2 Å². The molecule has 0 amide bonds. The summed E-state index contributed by atoms with van der Waals surface area (Å²) in [6.45, 7) is 4.68. The third-order valence-electron chi connectivity index (χ3n) is 3.72. The largest absolute Gasteiger partial charge is 0.401 e. The maximum Gasteiger partial charge on any atom is 0.401 e. The summed E-state index contributed by atoms with van der Waals surface area (Å²) in [7, 11) is 1.80. The van der Waals surface area contributed by atoms with Crippen molar-refractivity contribution >= 4 is 0 Å². The van der Waals surface area contributed by atoms with Crippen LogP contribution < -0.4 is 5.32 Å². The number of likely N-dealkylation sites (N-methyl/N-ethyl adjacent to an activating group) is 1. The van der Waals surface area contributed by atoms with Crippen molar-refractivity contribution in [3.05, 3.63) is 35.9 Å². The lowest BCUT2D eigenvalue weighted by atomic mass is 9.95. The minimum atomic E-state index is -4.19. The average molecular weight is 302 g/mol. The van der Waals surface area contributed by atoms with Gasteiger partial charge >= 0.3 is 6.18 Å². The molecule has 2 nitrogen and oxygen atoms in total. The van der Waals surface area contributed by atoms with Gasteiger partial charge < -0.3 is 5.32 Å². The summed E-state index contributed by atoms with van der Waals surface area (Å²) in [6.07, 6.45) is -3.54. The number of halogens is 3. The van der Waals surface area contributed by atoms with Gasteiger partial charge in [-0.25, -0.2) is 0 Å². The lowest BCUT2D eigenvalue weighted by molar-refractivity contribution is -0.157. The lowest BCUT2D eigenvalue weighted by Gasteiger charge is -2.39. The van der Waals surface area contributed by atoms with Crippen molar-refractivity contribution in [1.82, 2.24) is 10.2 Å². The van der Waals surface area contributed by atoms with Crippen molar-refractivity contribution in [2.24, 2.45) is 0 Å². The molecule has 1 N–H and O–H groups in total. The van der Waals surface area contributed by atoms with Crippen molar-refractivity contribution in [2.75, 3.05) is 13.6 Å². The van der Waals surface area contributed by atoms with Gasteiger partial charge in [0.2, 0.25) is 0 Å². The summed E-state index contributed by atoms with van der Waals surface area (Å²) in [5.74, 6) is 0. The van der Waals surface area contributed by atoms with Gasteiger partial charge in [-0.1, -0.05) is 37.3 Å². The van der Waals surface area contributed by atoms with E-state index in [0.717, 1.165) is 5.56 Å².